The third-order valence-corrected chi connectivity index (χ3v) is 2.30. The molecule has 5 nitrogen and oxygen atoms in total. The SMILES string of the molecule is O=Cc1cnc(-n2cc(O)cn2)s1. The summed E-state index contributed by atoms with van der Waals surface area (Å²) in [7, 11) is 0. The summed E-state index contributed by atoms with van der Waals surface area (Å²) in [4.78, 5) is 14.8. The number of carbonyl (C=O) groups is 1. The van der Waals surface area contributed by atoms with E-state index in [9.17, 15) is 4.79 Å². The molecule has 0 unspecified atom stereocenters. The third kappa shape index (κ3) is 1.43. The van der Waals surface area contributed by atoms with E-state index >= 15 is 0 Å². The second-order valence-electron chi connectivity index (χ2n) is 2.31. The molecule has 2 heterocycles. The van der Waals surface area contributed by atoms with E-state index in [1.54, 1.807) is 0 Å². The normalized spacial score (nSPS) is 10.2. The Kier molecular flexibility index (Phi) is 1.82. The van der Waals surface area contributed by atoms with Crippen molar-refractivity contribution in [2.45, 2.75) is 0 Å². The van der Waals surface area contributed by atoms with Crippen molar-refractivity contribution in [1.29, 1.82) is 0 Å². The average molecular weight is 195 g/mol. The molecule has 2 aromatic rings. The van der Waals surface area contributed by atoms with Gasteiger partial charge in [0.1, 0.15) is 0 Å². The number of hydrogen-bond donors (Lipinski definition) is 1. The molecule has 0 aliphatic rings. The monoisotopic (exact) mass is 195 g/mol. The molecule has 0 saturated heterocycles. The first-order valence-corrected chi connectivity index (χ1v) is 4.26. The lowest BCUT2D eigenvalue weighted by atomic mass is 10.6. The van der Waals surface area contributed by atoms with E-state index in [0.29, 0.717) is 10.0 Å². The number of carbonyl (C=O) groups excluding carboxylic acids is 1. The van der Waals surface area contributed by atoms with Gasteiger partial charge in [0, 0.05) is 0 Å². The molecule has 0 radical (unpaired) electrons. The van der Waals surface area contributed by atoms with Gasteiger partial charge in [0.25, 0.3) is 0 Å². The molecule has 0 saturated carbocycles. The molecule has 0 atom stereocenters. The van der Waals surface area contributed by atoms with Gasteiger partial charge in [0.05, 0.1) is 23.5 Å². The van der Waals surface area contributed by atoms with Crippen LogP contribution in [-0.2, 0) is 0 Å². The molecule has 0 bridgehead atoms. The highest BCUT2D eigenvalue weighted by Gasteiger charge is 2.04. The maximum atomic E-state index is 10.3. The van der Waals surface area contributed by atoms with E-state index in [0.717, 1.165) is 6.29 Å². The van der Waals surface area contributed by atoms with Crippen molar-refractivity contribution in [2.24, 2.45) is 0 Å². The minimum Gasteiger partial charge on any atom is -0.505 e. The molecule has 0 amide bonds. The fraction of sp³-hybridized carbons (Fsp3) is 0. The van der Waals surface area contributed by atoms with Gasteiger partial charge in [-0.25, -0.2) is 9.67 Å². The van der Waals surface area contributed by atoms with Gasteiger partial charge in [-0.3, -0.25) is 4.79 Å². The molecule has 13 heavy (non-hydrogen) atoms. The van der Waals surface area contributed by atoms with Crippen molar-refractivity contribution >= 4 is 17.6 Å². The highest BCUT2D eigenvalue weighted by Crippen LogP contribution is 2.16. The lowest BCUT2D eigenvalue weighted by Gasteiger charge is -1.90. The van der Waals surface area contributed by atoms with Crippen molar-refractivity contribution < 1.29 is 9.90 Å². The highest BCUT2D eigenvalue weighted by molar-refractivity contribution is 7.15. The average Bonchev–Trinajstić information content (AvgIpc) is 2.71. The molecule has 1 N–H and O–H groups in total. The molecule has 2 rings (SSSR count). The van der Waals surface area contributed by atoms with E-state index in [1.807, 2.05) is 0 Å². The zero-order chi connectivity index (χ0) is 9.26. The number of rotatable bonds is 2. The third-order valence-electron chi connectivity index (χ3n) is 1.39. The Balaban J connectivity index is 2.40. The molecule has 66 valence electrons. The Morgan fingerprint density at radius 2 is 2.38 bits per heavy atom. The van der Waals surface area contributed by atoms with Crippen LogP contribution in [0.1, 0.15) is 9.67 Å². The topological polar surface area (TPSA) is 68.0 Å². The van der Waals surface area contributed by atoms with Gasteiger partial charge < -0.3 is 5.11 Å². The summed E-state index contributed by atoms with van der Waals surface area (Å²) in [6.07, 6.45) is 4.92. The molecule has 0 spiro atoms. The Morgan fingerprint density at radius 3 is 2.92 bits per heavy atom. The largest absolute Gasteiger partial charge is 0.505 e. The number of nitrogens with zero attached hydrogens (tertiary/aromatic N) is 3. The van der Waals surface area contributed by atoms with E-state index in [1.165, 1.54) is 34.6 Å². The molecular formula is C7H5N3O2S. The molecule has 0 fully saturated rings. The Labute approximate surface area is 77.3 Å². The predicted octanol–water partition coefficient (Wildman–Crippen LogP) is 0.847. The molecule has 2 aromatic heterocycles. The second kappa shape index (κ2) is 2.98. The van der Waals surface area contributed by atoms with Gasteiger partial charge in [-0.2, -0.15) is 5.10 Å². The van der Waals surface area contributed by atoms with Crippen molar-refractivity contribution in [3.05, 3.63) is 23.5 Å². The number of aldehydes is 1. The molecular weight excluding hydrogens is 190 g/mol. The summed E-state index contributed by atoms with van der Waals surface area (Å²) in [5.74, 6) is 0.0721. The number of thiazole rings is 1. The molecule has 0 aliphatic heterocycles. The van der Waals surface area contributed by atoms with Gasteiger partial charge >= 0.3 is 0 Å². The van der Waals surface area contributed by atoms with Gasteiger partial charge in [-0.05, 0) is 0 Å². The summed E-state index contributed by atoms with van der Waals surface area (Å²) < 4.78 is 1.41. The molecule has 6 heteroatoms. The van der Waals surface area contributed by atoms with Crippen molar-refractivity contribution in [1.82, 2.24) is 14.8 Å². The van der Waals surface area contributed by atoms with Crippen molar-refractivity contribution in [3.63, 3.8) is 0 Å². The van der Waals surface area contributed by atoms with Crippen LogP contribution in [0.5, 0.6) is 5.75 Å². The van der Waals surface area contributed by atoms with E-state index in [4.69, 9.17) is 5.11 Å². The minimum absolute atomic E-state index is 0.0721. The standard InChI is InChI=1S/C7H5N3O2S/c11-4-6-2-8-7(13-6)10-3-5(12)1-9-10/h1-4,12H. The molecule has 0 aliphatic carbocycles. The first kappa shape index (κ1) is 7.93. The van der Waals surface area contributed by atoms with Gasteiger partial charge in [-0.15, -0.1) is 0 Å². The van der Waals surface area contributed by atoms with Gasteiger partial charge in [0.15, 0.2) is 12.0 Å². The fourth-order valence-electron chi connectivity index (χ4n) is 0.855. The fourth-order valence-corrected chi connectivity index (χ4v) is 1.52. The predicted molar refractivity (Wildman–Crippen MR) is 46.3 cm³/mol. The second-order valence-corrected chi connectivity index (χ2v) is 3.35. The van der Waals surface area contributed by atoms with Crippen LogP contribution in [0.2, 0.25) is 0 Å². The van der Waals surface area contributed by atoms with Crippen LogP contribution in [0.25, 0.3) is 5.13 Å². The maximum Gasteiger partial charge on any atom is 0.211 e. The van der Waals surface area contributed by atoms with Crippen molar-refractivity contribution in [2.75, 3.05) is 0 Å². The summed E-state index contributed by atoms with van der Waals surface area (Å²) >= 11 is 1.21. The summed E-state index contributed by atoms with van der Waals surface area (Å²) in [6, 6.07) is 0. The minimum atomic E-state index is 0.0721. The number of aromatic nitrogens is 3. The summed E-state index contributed by atoms with van der Waals surface area (Å²) in [5.41, 5.74) is 0. The van der Waals surface area contributed by atoms with Crippen molar-refractivity contribution in [3.8, 4) is 10.9 Å². The lowest BCUT2D eigenvalue weighted by molar-refractivity contribution is 0.112. The lowest BCUT2D eigenvalue weighted by Crippen LogP contribution is -1.91. The van der Waals surface area contributed by atoms with Gasteiger partial charge in [-0.1, -0.05) is 11.3 Å². The maximum absolute atomic E-state index is 10.3. The van der Waals surface area contributed by atoms with Crippen LogP contribution >= 0.6 is 11.3 Å². The zero-order valence-electron chi connectivity index (χ0n) is 6.41. The first-order chi connectivity index (χ1) is 6.29. The number of hydrogen-bond acceptors (Lipinski definition) is 5. The Morgan fingerprint density at radius 1 is 1.54 bits per heavy atom. The van der Waals surface area contributed by atoms with E-state index < -0.39 is 0 Å². The number of aromatic hydroxyl groups is 1. The highest BCUT2D eigenvalue weighted by atomic mass is 32.1. The first-order valence-electron chi connectivity index (χ1n) is 3.44. The van der Waals surface area contributed by atoms with Crippen LogP contribution in [0.15, 0.2) is 18.6 Å². The Hall–Kier alpha value is -1.69. The quantitative estimate of drug-likeness (QED) is 0.721. The summed E-state index contributed by atoms with van der Waals surface area (Å²) in [6.45, 7) is 0. The van der Waals surface area contributed by atoms with Crippen LogP contribution in [0.4, 0.5) is 0 Å². The van der Waals surface area contributed by atoms with Gasteiger partial charge in [0.2, 0.25) is 5.13 Å². The molecule has 0 aromatic carbocycles. The Bertz CT molecular complexity index is 434. The van der Waals surface area contributed by atoms with Crippen LogP contribution in [-0.4, -0.2) is 26.2 Å². The van der Waals surface area contributed by atoms with E-state index in [-0.39, 0.29) is 5.75 Å². The summed E-state index contributed by atoms with van der Waals surface area (Å²) in [5, 5.41) is 13.4. The van der Waals surface area contributed by atoms with Crippen LogP contribution in [0, 0.1) is 0 Å². The van der Waals surface area contributed by atoms with Crippen LogP contribution < -0.4 is 0 Å². The van der Waals surface area contributed by atoms with E-state index in [2.05, 4.69) is 10.1 Å². The van der Waals surface area contributed by atoms with Crippen LogP contribution in [0.3, 0.4) is 0 Å². The smallest absolute Gasteiger partial charge is 0.211 e. The zero-order valence-corrected chi connectivity index (χ0v) is 7.23.